The van der Waals surface area contributed by atoms with E-state index in [1.54, 1.807) is 6.92 Å². The number of nitrogens with zero attached hydrogens (tertiary/aromatic N) is 2. The van der Waals surface area contributed by atoms with E-state index in [0.717, 1.165) is 18.5 Å². The Kier molecular flexibility index (Phi) is 4.22. The Morgan fingerprint density at radius 1 is 1.15 bits per heavy atom. The maximum Gasteiger partial charge on any atom is 0.264 e. The lowest BCUT2D eigenvalue weighted by atomic mass is 10.0. The number of hydrogen-bond donors (Lipinski definition) is 2. The van der Waals surface area contributed by atoms with Crippen LogP contribution in [0.1, 0.15) is 50.4 Å². The van der Waals surface area contributed by atoms with E-state index < -0.39 is 11.9 Å². The van der Waals surface area contributed by atoms with Crippen molar-refractivity contribution in [1.82, 2.24) is 14.9 Å². The van der Waals surface area contributed by atoms with Gasteiger partial charge in [0.2, 0.25) is 11.8 Å². The van der Waals surface area contributed by atoms with Gasteiger partial charge in [0.15, 0.2) is 0 Å². The molecule has 1 saturated heterocycles. The van der Waals surface area contributed by atoms with E-state index in [1.165, 1.54) is 17.4 Å². The van der Waals surface area contributed by atoms with Gasteiger partial charge in [-0.2, -0.15) is 0 Å². The number of aryl methyl sites for hydroxylation is 1. The second-order valence-electron chi connectivity index (χ2n) is 7.13. The average Bonchev–Trinajstić information content (AvgIpc) is 3.09. The highest BCUT2D eigenvalue weighted by Gasteiger charge is 2.31. The number of carbonyl (C=O) groups is 2. The Hall–Kier alpha value is -2.70. The molecule has 26 heavy (non-hydrogen) atoms. The number of amides is 2. The van der Waals surface area contributed by atoms with E-state index in [1.807, 2.05) is 18.2 Å². The Labute approximate surface area is 150 Å². The molecule has 2 aliphatic rings. The SMILES string of the molecule is Cc1nc2cccc(NC3CCCC3)c2c(=O)n1C1CCC(=O)NC1=O. The van der Waals surface area contributed by atoms with E-state index in [2.05, 4.69) is 15.6 Å². The number of nitrogens with one attached hydrogen (secondary N) is 2. The quantitative estimate of drug-likeness (QED) is 0.823. The highest BCUT2D eigenvalue weighted by Crippen LogP contribution is 2.27. The summed E-state index contributed by atoms with van der Waals surface area (Å²) in [5, 5.41) is 6.32. The van der Waals surface area contributed by atoms with Crippen molar-refractivity contribution >= 4 is 28.4 Å². The van der Waals surface area contributed by atoms with Crippen molar-refractivity contribution in [3.8, 4) is 0 Å². The molecule has 1 unspecified atom stereocenters. The van der Waals surface area contributed by atoms with Crippen molar-refractivity contribution in [2.75, 3.05) is 5.32 Å². The summed E-state index contributed by atoms with van der Waals surface area (Å²) in [4.78, 5) is 41.6. The van der Waals surface area contributed by atoms with E-state index >= 15 is 0 Å². The van der Waals surface area contributed by atoms with Crippen molar-refractivity contribution in [3.05, 3.63) is 34.4 Å². The minimum atomic E-state index is -0.698. The summed E-state index contributed by atoms with van der Waals surface area (Å²) in [5.74, 6) is -0.252. The summed E-state index contributed by atoms with van der Waals surface area (Å²) in [6, 6.07) is 5.27. The van der Waals surface area contributed by atoms with E-state index in [-0.39, 0.29) is 17.9 Å². The van der Waals surface area contributed by atoms with Crippen molar-refractivity contribution in [2.24, 2.45) is 0 Å². The fourth-order valence-corrected chi connectivity index (χ4v) is 4.06. The highest BCUT2D eigenvalue weighted by molar-refractivity contribution is 5.99. The lowest BCUT2D eigenvalue weighted by Gasteiger charge is -2.25. The monoisotopic (exact) mass is 354 g/mol. The van der Waals surface area contributed by atoms with Crippen LogP contribution >= 0.6 is 0 Å². The number of piperidine rings is 1. The minimum Gasteiger partial charge on any atom is -0.382 e. The predicted molar refractivity (Wildman–Crippen MR) is 98.0 cm³/mol. The molecule has 2 fully saturated rings. The van der Waals surface area contributed by atoms with Crippen LogP contribution in [0.3, 0.4) is 0 Å². The molecule has 2 heterocycles. The van der Waals surface area contributed by atoms with Crippen molar-refractivity contribution in [1.29, 1.82) is 0 Å². The third-order valence-corrected chi connectivity index (χ3v) is 5.34. The molecule has 2 aromatic rings. The normalized spacial score (nSPS) is 21.2. The molecule has 0 bridgehead atoms. The second-order valence-corrected chi connectivity index (χ2v) is 7.13. The summed E-state index contributed by atoms with van der Waals surface area (Å²) in [6.45, 7) is 1.72. The van der Waals surface area contributed by atoms with Crippen molar-refractivity contribution in [3.63, 3.8) is 0 Å². The second kappa shape index (κ2) is 6.55. The number of fused-ring (bicyclic) bond motifs is 1. The van der Waals surface area contributed by atoms with Gasteiger partial charge in [0.25, 0.3) is 5.56 Å². The molecule has 0 radical (unpaired) electrons. The van der Waals surface area contributed by atoms with Crippen LogP contribution < -0.4 is 16.2 Å². The van der Waals surface area contributed by atoms with Gasteiger partial charge >= 0.3 is 0 Å². The minimum absolute atomic E-state index is 0.224. The first kappa shape index (κ1) is 16.8. The van der Waals surface area contributed by atoms with Crippen LogP contribution in [-0.2, 0) is 9.59 Å². The standard InChI is InChI=1S/C19H22N4O3/c1-11-20-13-7-4-8-14(21-12-5-2-3-6-12)17(13)19(26)23(11)15-9-10-16(24)22-18(15)25/h4,7-8,12,15,21H,2-3,5-6,9-10H2,1H3,(H,22,24,25). The first-order valence-corrected chi connectivity index (χ1v) is 9.16. The Morgan fingerprint density at radius 3 is 2.65 bits per heavy atom. The molecule has 1 atom stereocenters. The van der Waals surface area contributed by atoms with E-state index in [9.17, 15) is 14.4 Å². The van der Waals surface area contributed by atoms with Crippen molar-refractivity contribution in [2.45, 2.75) is 57.5 Å². The maximum absolute atomic E-state index is 13.3. The highest BCUT2D eigenvalue weighted by atomic mass is 16.2. The Balaban J connectivity index is 1.82. The molecular formula is C19H22N4O3. The molecule has 1 aliphatic carbocycles. The van der Waals surface area contributed by atoms with Crippen LogP contribution in [0.4, 0.5) is 5.69 Å². The zero-order valence-corrected chi connectivity index (χ0v) is 14.7. The van der Waals surface area contributed by atoms with Crippen LogP contribution in [0.5, 0.6) is 0 Å². The van der Waals surface area contributed by atoms with Gasteiger partial charge in [-0.05, 0) is 38.3 Å². The Morgan fingerprint density at radius 2 is 1.92 bits per heavy atom. The molecule has 4 rings (SSSR count). The van der Waals surface area contributed by atoms with Crippen LogP contribution in [-0.4, -0.2) is 27.4 Å². The molecule has 136 valence electrons. The van der Waals surface area contributed by atoms with E-state index in [0.29, 0.717) is 29.2 Å². The zero-order chi connectivity index (χ0) is 18.3. The van der Waals surface area contributed by atoms with Gasteiger partial charge in [0, 0.05) is 18.2 Å². The Bertz CT molecular complexity index is 944. The predicted octanol–water partition coefficient (Wildman–Crippen LogP) is 2.04. The fraction of sp³-hybridized carbons (Fsp3) is 0.474. The first-order chi connectivity index (χ1) is 12.5. The molecule has 7 nitrogen and oxygen atoms in total. The molecule has 1 aliphatic heterocycles. The summed E-state index contributed by atoms with van der Waals surface area (Å²) in [7, 11) is 0. The van der Waals surface area contributed by atoms with Gasteiger partial charge in [-0.1, -0.05) is 18.9 Å². The number of rotatable bonds is 3. The van der Waals surface area contributed by atoms with Gasteiger partial charge in [0.05, 0.1) is 10.9 Å². The van der Waals surface area contributed by atoms with Crippen LogP contribution in [0, 0.1) is 6.92 Å². The lowest BCUT2D eigenvalue weighted by Crippen LogP contribution is -2.45. The van der Waals surface area contributed by atoms with Gasteiger partial charge < -0.3 is 5.32 Å². The summed E-state index contributed by atoms with van der Waals surface area (Å²) >= 11 is 0. The van der Waals surface area contributed by atoms with Gasteiger partial charge in [-0.15, -0.1) is 0 Å². The van der Waals surface area contributed by atoms with E-state index in [4.69, 9.17) is 0 Å². The van der Waals surface area contributed by atoms with Crippen LogP contribution in [0.15, 0.2) is 23.0 Å². The molecule has 1 saturated carbocycles. The molecule has 2 amide bonds. The molecule has 1 aromatic heterocycles. The van der Waals surface area contributed by atoms with Crippen LogP contribution in [0.2, 0.25) is 0 Å². The van der Waals surface area contributed by atoms with Crippen LogP contribution in [0.25, 0.3) is 10.9 Å². The van der Waals surface area contributed by atoms with Gasteiger partial charge in [-0.25, -0.2) is 4.98 Å². The number of anilines is 1. The molecule has 2 N–H and O–H groups in total. The molecule has 0 spiro atoms. The van der Waals surface area contributed by atoms with Crippen molar-refractivity contribution < 1.29 is 9.59 Å². The third kappa shape index (κ3) is 2.87. The summed E-state index contributed by atoms with van der Waals surface area (Å²) in [6.07, 6.45) is 5.12. The first-order valence-electron chi connectivity index (χ1n) is 9.16. The number of imide groups is 1. The van der Waals surface area contributed by atoms with Gasteiger partial charge in [0.1, 0.15) is 11.9 Å². The number of hydrogen-bond acceptors (Lipinski definition) is 5. The van der Waals surface area contributed by atoms with Gasteiger partial charge in [-0.3, -0.25) is 24.3 Å². The summed E-state index contributed by atoms with van der Waals surface area (Å²) in [5.41, 5.74) is 1.16. The summed E-state index contributed by atoms with van der Waals surface area (Å²) < 4.78 is 1.43. The number of benzene rings is 1. The third-order valence-electron chi connectivity index (χ3n) is 5.34. The molecule has 1 aromatic carbocycles. The molecule has 7 heteroatoms. The largest absolute Gasteiger partial charge is 0.382 e. The number of aromatic nitrogens is 2. The molecular weight excluding hydrogens is 332 g/mol. The average molecular weight is 354 g/mol. The smallest absolute Gasteiger partial charge is 0.264 e. The lowest BCUT2D eigenvalue weighted by molar-refractivity contribution is -0.135. The number of carbonyl (C=O) groups excluding carboxylic acids is 2. The zero-order valence-electron chi connectivity index (χ0n) is 14.7. The maximum atomic E-state index is 13.3. The fourth-order valence-electron chi connectivity index (χ4n) is 4.06. The topological polar surface area (TPSA) is 93.1 Å².